The van der Waals surface area contributed by atoms with Crippen LogP contribution < -0.4 is 0 Å². The van der Waals surface area contributed by atoms with Gasteiger partial charge >= 0.3 is 0 Å². The van der Waals surface area contributed by atoms with Crippen LogP contribution in [0.25, 0.3) is 0 Å². The highest BCUT2D eigenvalue weighted by Crippen LogP contribution is 2.29. The lowest BCUT2D eigenvalue weighted by Crippen LogP contribution is -2.36. The average molecular weight is 273 g/mol. The number of rotatable bonds is 6. The molecule has 0 N–H and O–H groups in total. The van der Waals surface area contributed by atoms with Crippen molar-refractivity contribution in [2.24, 2.45) is 11.8 Å². The largest absolute Gasteiger partial charge is 0.335 e. The highest BCUT2D eigenvalue weighted by molar-refractivity contribution is 5.94. The molecule has 0 radical (unpaired) electrons. The summed E-state index contributed by atoms with van der Waals surface area (Å²) in [5.41, 5.74) is 2.16. The first-order valence-electron chi connectivity index (χ1n) is 7.87. The molecule has 0 aliphatic heterocycles. The standard InChI is InChI=1S/C18H27NO/c1-13(2)11-15-5-7-16(8-6-15)18(20)19(12-14(3)4)17-9-10-17/h5-8,13-14,17H,9-12H2,1-4H3. The first kappa shape index (κ1) is 15.1. The molecule has 1 aromatic rings. The van der Waals surface area contributed by atoms with E-state index in [1.165, 1.54) is 18.4 Å². The van der Waals surface area contributed by atoms with Crippen LogP contribution in [-0.2, 0) is 6.42 Å². The average Bonchev–Trinajstić information content (AvgIpc) is 3.19. The van der Waals surface area contributed by atoms with Gasteiger partial charge in [-0.1, -0.05) is 39.8 Å². The Labute approximate surface area is 123 Å². The number of carbonyl (C=O) groups is 1. The second-order valence-electron chi connectivity index (χ2n) is 6.88. The van der Waals surface area contributed by atoms with Gasteiger partial charge in [0.25, 0.3) is 5.91 Å². The van der Waals surface area contributed by atoms with Gasteiger partial charge in [-0.05, 0) is 48.8 Å². The second kappa shape index (κ2) is 6.43. The molecular formula is C18H27NO. The van der Waals surface area contributed by atoms with E-state index < -0.39 is 0 Å². The second-order valence-corrected chi connectivity index (χ2v) is 6.88. The molecule has 2 rings (SSSR count). The Morgan fingerprint density at radius 2 is 1.70 bits per heavy atom. The smallest absolute Gasteiger partial charge is 0.254 e. The van der Waals surface area contributed by atoms with Crippen LogP contribution in [0.2, 0.25) is 0 Å². The molecule has 0 atom stereocenters. The lowest BCUT2D eigenvalue weighted by Gasteiger charge is -2.24. The molecule has 1 aromatic carbocycles. The zero-order chi connectivity index (χ0) is 14.7. The van der Waals surface area contributed by atoms with Gasteiger partial charge in [-0.2, -0.15) is 0 Å². The van der Waals surface area contributed by atoms with Crippen molar-refractivity contribution in [1.29, 1.82) is 0 Å². The van der Waals surface area contributed by atoms with E-state index in [4.69, 9.17) is 0 Å². The van der Waals surface area contributed by atoms with Crippen LogP contribution >= 0.6 is 0 Å². The quantitative estimate of drug-likeness (QED) is 0.762. The van der Waals surface area contributed by atoms with Gasteiger partial charge in [-0.3, -0.25) is 4.79 Å². The monoisotopic (exact) mass is 273 g/mol. The van der Waals surface area contributed by atoms with Crippen molar-refractivity contribution in [3.63, 3.8) is 0 Å². The summed E-state index contributed by atoms with van der Waals surface area (Å²) in [7, 11) is 0. The fourth-order valence-corrected chi connectivity index (χ4v) is 2.60. The van der Waals surface area contributed by atoms with Gasteiger partial charge < -0.3 is 4.90 Å². The van der Waals surface area contributed by atoms with E-state index in [-0.39, 0.29) is 5.91 Å². The van der Waals surface area contributed by atoms with Crippen LogP contribution in [0, 0.1) is 11.8 Å². The van der Waals surface area contributed by atoms with Gasteiger partial charge in [-0.25, -0.2) is 0 Å². The Bertz CT molecular complexity index is 443. The summed E-state index contributed by atoms with van der Waals surface area (Å²) in [4.78, 5) is 14.7. The van der Waals surface area contributed by atoms with Crippen LogP contribution in [0.15, 0.2) is 24.3 Å². The lowest BCUT2D eigenvalue weighted by atomic mass is 10.0. The molecule has 1 saturated carbocycles. The van der Waals surface area contributed by atoms with Crippen LogP contribution in [0.3, 0.4) is 0 Å². The summed E-state index contributed by atoms with van der Waals surface area (Å²) in [6, 6.07) is 8.69. The molecule has 0 heterocycles. The SMILES string of the molecule is CC(C)Cc1ccc(C(=O)N(CC(C)C)C2CC2)cc1. The summed E-state index contributed by atoms with van der Waals surface area (Å²) in [6.45, 7) is 9.66. The van der Waals surface area contributed by atoms with E-state index in [2.05, 4.69) is 44.7 Å². The predicted octanol–water partition coefficient (Wildman–Crippen LogP) is 4.15. The molecular weight excluding hydrogens is 246 g/mol. The Morgan fingerprint density at radius 3 is 2.15 bits per heavy atom. The van der Waals surface area contributed by atoms with Gasteiger partial charge in [0.1, 0.15) is 0 Å². The summed E-state index contributed by atoms with van der Waals surface area (Å²) < 4.78 is 0. The van der Waals surface area contributed by atoms with Gasteiger partial charge in [-0.15, -0.1) is 0 Å². The molecule has 1 amide bonds. The molecule has 0 unspecified atom stereocenters. The Hall–Kier alpha value is -1.31. The van der Waals surface area contributed by atoms with Gasteiger partial charge in [0.05, 0.1) is 0 Å². The molecule has 1 fully saturated rings. The Kier molecular flexibility index (Phi) is 4.85. The Balaban J connectivity index is 2.06. The van der Waals surface area contributed by atoms with E-state index in [1.807, 2.05) is 12.1 Å². The molecule has 2 heteroatoms. The van der Waals surface area contributed by atoms with Crippen molar-refractivity contribution in [3.05, 3.63) is 35.4 Å². The molecule has 0 spiro atoms. The molecule has 1 aliphatic rings. The zero-order valence-electron chi connectivity index (χ0n) is 13.2. The van der Waals surface area contributed by atoms with E-state index in [1.54, 1.807) is 0 Å². The maximum Gasteiger partial charge on any atom is 0.254 e. The molecule has 0 saturated heterocycles. The third-order valence-corrected chi connectivity index (χ3v) is 3.66. The van der Waals surface area contributed by atoms with E-state index in [9.17, 15) is 4.79 Å². The third-order valence-electron chi connectivity index (χ3n) is 3.66. The molecule has 1 aliphatic carbocycles. The van der Waals surface area contributed by atoms with Crippen molar-refractivity contribution in [2.45, 2.75) is 53.0 Å². The summed E-state index contributed by atoms with van der Waals surface area (Å²) in [6.07, 6.45) is 3.42. The summed E-state index contributed by atoms with van der Waals surface area (Å²) in [5.74, 6) is 1.39. The fourth-order valence-electron chi connectivity index (χ4n) is 2.60. The third kappa shape index (κ3) is 4.09. The highest BCUT2D eigenvalue weighted by Gasteiger charge is 2.33. The molecule has 2 nitrogen and oxygen atoms in total. The first-order chi connectivity index (χ1) is 9.47. The van der Waals surface area contributed by atoms with Crippen molar-refractivity contribution in [1.82, 2.24) is 4.90 Å². The normalized spacial score (nSPS) is 14.9. The van der Waals surface area contributed by atoms with Gasteiger partial charge in [0.2, 0.25) is 0 Å². The van der Waals surface area contributed by atoms with Crippen molar-refractivity contribution >= 4 is 5.91 Å². The molecule has 110 valence electrons. The first-order valence-corrected chi connectivity index (χ1v) is 7.87. The van der Waals surface area contributed by atoms with Crippen LogP contribution in [-0.4, -0.2) is 23.4 Å². The van der Waals surface area contributed by atoms with Gasteiger partial charge in [0, 0.05) is 18.2 Å². The number of amides is 1. The van der Waals surface area contributed by atoms with E-state index >= 15 is 0 Å². The van der Waals surface area contributed by atoms with Crippen LogP contribution in [0.5, 0.6) is 0 Å². The number of hydrogen-bond acceptors (Lipinski definition) is 1. The summed E-state index contributed by atoms with van der Waals surface area (Å²) in [5, 5.41) is 0. The van der Waals surface area contributed by atoms with Crippen LogP contribution in [0.1, 0.15) is 56.5 Å². The Morgan fingerprint density at radius 1 is 1.10 bits per heavy atom. The van der Waals surface area contributed by atoms with Crippen LogP contribution in [0.4, 0.5) is 0 Å². The minimum Gasteiger partial charge on any atom is -0.335 e. The van der Waals surface area contributed by atoms with Crippen molar-refractivity contribution in [3.8, 4) is 0 Å². The number of carbonyl (C=O) groups excluding carboxylic acids is 1. The molecule has 0 bridgehead atoms. The summed E-state index contributed by atoms with van der Waals surface area (Å²) >= 11 is 0. The predicted molar refractivity (Wildman–Crippen MR) is 83.9 cm³/mol. The number of hydrogen-bond donors (Lipinski definition) is 0. The highest BCUT2D eigenvalue weighted by atomic mass is 16.2. The van der Waals surface area contributed by atoms with Gasteiger partial charge in [0.15, 0.2) is 0 Å². The minimum atomic E-state index is 0.206. The maximum absolute atomic E-state index is 12.6. The van der Waals surface area contributed by atoms with E-state index in [0.717, 1.165) is 18.5 Å². The maximum atomic E-state index is 12.6. The minimum absolute atomic E-state index is 0.206. The molecule has 0 aromatic heterocycles. The van der Waals surface area contributed by atoms with E-state index in [0.29, 0.717) is 17.9 Å². The van der Waals surface area contributed by atoms with Crippen molar-refractivity contribution < 1.29 is 4.79 Å². The lowest BCUT2D eigenvalue weighted by molar-refractivity contribution is 0.0722. The zero-order valence-corrected chi connectivity index (χ0v) is 13.2. The molecule has 20 heavy (non-hydrogen) atoms. The topological polar surface area (TPSA) is 20.3 Å². The fraction of sp³-hybridized carbons (Fsp3) is 0.611. The van der Waals surface area contributed by atoms with Crippen molar-refractivity contribution in [2.75, 3.05) is 6.54 Å². The number of nitrogens with zero attached hydrogens (tertiary/aromatic N) is 1. The number of benzene rings is 1.